The lowest BCUT2D eigenvalue weighted by atomic mass is 10.0. The van der Waals surface area contributed by atoms with E-state index in [4.69, 9.17) is 0 Å². The van der Waals surface area contributed by atoms with E-state index < -0.39 is 7.14 Å². The molecule has 0 aliphatic carbocycles. The fourth-order valence-corrected chi connectivity index (χ4v) is 6.75. The van der Waals surface area contributed by atoms with Gasteiger partial charge in [-0.3, -0.25) is 0 Å². The minimum atomic E-state index is -2.24. The van der Waals surface area contributed by atoms with Gasteiger partial charge in [-0.25, -0.2) is 0 Å². The van der Waals surface area contributed by atoms with Crippen molar-refractivity contribution in [2.75, 3.05) is 13.3 Å². The Morgan fingerprint density at radius 1 is 0.500 bits per heavy atom. The van der Waals surface area contributed by atoms with E-state index in [0.717, 1.165) is 25.7 Å². The van der Waals surface area contributed by atoms with Gasteiger partial charge in [0.25, 0.3) is 0 Å². The summed E-state index contributed by atoms with van der Waals surface area (Å²) in [6.45, 7) is 8.31. The Kier molecular flexibility index (Phi) is 23.1. The number of aliphatic hydroxyl groups is 1. The van der Waals surface area contributed by atoms with E-state index in [1.807, 2.05) is 13.3 Å². The van der Waals surface area contributed by atoms with Crippen LogP contribution in [0.15, 0.2) is 0 Å². The van der Waals surface area contributed by atoms with Crippen molar-refractivity contribution in [1.82, 2.24) is 0 Å². The molecular formula is C29H61O2P. The third-order valence-corrected chi connectivity index (χ3v) is 9.40. The summed E-state index contributed by atoms with van der Waals surface area (Å²) in [5.74, 6) is 0. The van der Waals surface area contributed by atoms with Crippen molar-refractivity contribution in [3.63, 3.8) is 0 Å². The van der Waals surface area contributed by atoms with Gasteiger partial charge in [0, 0.05) is 5.66 Å². The van der Waals surface area contributed by atoms with Crippen molar-refractivity contribution < 1.29 is 9.67 Å². The molecule has 0 bridgehead atoms. The first-order valence-electron chi connectivity index (χ1n) is 14.7. The highest BCUT2D eigenvalue weighted by Gasteiger charge is 2.29. The molecule has 2 atom stereocenters. The van der Waals surface area contributed by atoms with Crippen molar-refractivity contribution in [2.24, 2.45) is 0 Å². The molecule has 0 aliphatic rings. The van der Waals surface area contributed by atoms with Gasteiger partial charge in [-0.05, 0) is 26.2 Å². The molecule has 0 saturated carbocycles. The van der Waals surface area contributed by atoms with Crippen molar-refractivity contribution in [2.45, 2.75) is 173 Å². The fraction of sp³-hybridized carbons (Fsp3) is 1.00. The molecule has 1 N–H and O–H groups in total. The maximum Gasteiger partial charge on any atom is 0.0873 e. The zero-order valence-corrected chi connectivity index (χ0v) is 23.6. The Morgan fingerprint density at radius 3 is 1.09 bits per heavy atom. The second kappa shape index (κ2) is 23.0. The molecule has 0 aromatic carbocycles. The second-order valence-electron chi connectivity index (χ2n) is 10.9. The van der Waals surface area contributed by atoms with E-state index >= 15 is 0 Å². The molecule has 0 aromatic heterocycles. The summed E-state index contributed by atoms with van der Waals surface area (Å²) in [5.41, 5.74) is 0.0137. The Balaban J connectivity index is 3.75. The Bertz CT molecular complexity index is 417. The lowest BCUT2D eigenvalue weighted by Crippen LogP contribution is -2.26. The first-order chi connectivity index (χ1) is 15.4. The third-order valence-electron chi connectivity index (χ3n) is 7.20. The number of hydrogen-bond donors (Lipinski definition) is 1. The molecule has 0 radical (unpaired) electrons. The van der Waals surface area contributed by atoms with Crippen LogP contribution in [0.1, 0.15) is 162 Å². The maximum atomic E-state index is 12.8. The van der Waals surface area contributed by atoms with Crippen LogP contribution in [0.2, 0.25) is 0 Å². The van der Waals surface area contributed by atoms with E-state index in [2.05, 4.69) is 13.8 Å². The van der Waals surface area contributed by atoms with Crippen LogP contribution < -0.4 is 0 Å². The molecule has 0 saturated heterocycles. The maximum absolute atomic E-state index is 12.8. The molecule has 0 heterocycles. The van der Waals surface area contributed by atoms with E-state index in [9.17, 15) is 9.67 Å². The SMILES string of the molecule is CCCCCCCCCCCCCCCC(C(O)CCCCCCCCCC)P(C)(C)=O. The van der Waals surface area contributed by atoms with E-state index in [-0.39, 0.29) is 11.8 Å². The van der Waals surface area contributed by atoms with E-state index in [1.54, 1.807) is 0 Å². The summed E-state index contributed by atoms with van der Waals surface area (Å²) in [7, 11) is -2.24. The summed E-state index contributed by atoms with van der Waals surface area (Å²) in [4.78, 5) is 0. The molecule has 0 spiro atoms. The normalized spacial score (nSPS) is 14.0. The molecular weight excluding hydrogens is 411 g/mol. The first kappa shape index (κ1) is 32.2. The van der Waals surface area contributed by atoms with Crippen LogP contribution in [0.25, 0.3) is 0 Å². The van der Waals surface area contributed by atoms with Crippen LogP contribution in [-0.4, -0.2) is 30.2 Å². The molecule has 2 unspecified atom stereocenters. The third kappa shape index (κ3) is 20.8. The lowest BCUT2D eigenvalue weighted by Gasteiger charge is -2.27. The van der Waals surface area contributed by atoms with Crippen molar-refractivity contribution in [3.05, 3.63) is 0 Å². The molecule has 3 heteroatoms. The Morgan fingerprint density at radius 2 is 0.781 bits per heavy atom. The molecule has 194 valence electrons. The van der Waals surface area contributed by atoms with Crippen LogP contribution in [0, 0.1) is 0 Å². The Hall–Kier alpha value is 0.190. The van der Waals surface area contributed by atoms with Crippen LogP contribution >= 0.6 is 7.14 Å². The van der Waals surface area contributed by atoms with Gasteiger partial charge in [-0.1, -0.05) is 149 Å². The summed E-state index contributed by atoms with van der Waals surface area (Å²) in [6.07, 6.45) is 29.4. The average Bonchev–Trinajstić information content (AvgIpc) is 2.74. The molecule has 2 nitrogen and oxygen atoms in total. The predicted molar refractivity (Wildman–Crippen MR) is 147 cm³/mol. The number of rotatable bonds is 25. The highest BCUT2D eigenvalue weighted by atomic mass is 31.2. The zero-order chi connectivity index (χ0) is 23.9. The average molecular weight is 473 g/mol. The molecule has 0 fully saturated rings. The fourth-order valence-electron chi connectivity index (χ4n) is 4.97. The number of aliphatic hydroxyl groups excluding tert-OH is 1. The van der Waals surface area contributed by atoms with E-state index in [0.29, 0.717) is 0 Å². The molecule has 0 aromatic rings. The molecule has 0 aliphatic heterocycles. The van der Waals surface area contributed by atoms with Gasteiger partial charge in [0.2, 0.25) is 0 Å². The predicted octanol–water partition coefficient (Wildman–Crippen LogP) is 10.4. The van der Waals surface area contributed by atoms with Crippen molar-refractivity contribution >= 4 is 7.14 Å². The lowest BCUT2D eigenvalue weighted by molar-refractivity contribution is 0.149. The standard InChI is InChI=1S/C29H61O2P/c1-5-7-9-11-13-15-16-17-18-19-21-23-25-27-29(32(3,4)31)28(30)26-24-22-20-14-12-10-8-6-2/h28-30H,5-27H2,1-4H3. The minimum absolute atomic E-state index is 0.0137. The highest BCUT2D eigenvalue weighted by molar-refractivity contribution is 7.63. The van der Waals surface area contributed by atoms with Crippen molar-refractivity contribution in [1.29, 1.82) is 0 Å². The monoisotopic (exact) mass is 472 g/mol. The minimum Gasteiger partial charge on any atom is -0.392 e. The van der Waals surface area contributed by atoms with E-state index in [1.165, 1.54) is 122 Å². The van der Waals surface area contributed by atoms with Gasteiger partial charge < -0.3 is 9.67 Å². The van der Waals surface area contributed by atoms with Crippen LogP contribution in [0.5, 0.6) is 0 Å². The topological polar surface area (TPSA) is 37.3 Å². The van der Waals surface area contributed by atoms with Crippen molar-refractivity contribution in [3.8, 4) is 0 Å². The van der Waals surface area contributed by atoms with Gasteiger partial charge in [0.05, 0.1) is 13.2 Å². The highest BCUT2D eigenvalue weighted by Crippen LogP contribution is 2.47. The van der Waals surface area contributed by atoms with Gasteiger partial charge in [-0.15, -0.1) is 0 Å². The molecule has 32 heavy (non-hydrogen) atoms. The molecule has 0 amide bonds. The summed E-state index contributed by atoms with van der Waals surface area (Å²) in [6, 6.07) is 0. The first-order valence-corrected chi connectivity index (χ1v) is 17.3. The van der Waals surface area contributed by atoms with Crippen LogP contribution in [0.3, 0.4) is 0 Å². The van der Waals surface area contributed by atoms with Gasteiger partial charge in [0.1, 0.15) is 0 Å². The number of hydrogen-bond acceptors (Lipinski definition) is 2. The largest absolute Gasteiger partial charge is 0.392 e. The van der Waals surface area contributed by atoms with Gasteiger partial charge >= 0.3 is 0 Å². The Labute approximate surface area is 203 Å². The quantitative estimate of drug-likeness (QED) is 0.106. The summed E-state index contributed by atoms with van der Waals surface area (Å²) < 4.78 is 12.8. The summed E-state index contributed by atoms with van der Waals surface area (Å²) in [5, 5.41) is 10.7. The molecule has 0 rings (SSSR count). The summed E-state index contributed by atoms with van der Waals surface area (Å²) >= 11 is 0. The zero-order valence-electron chi connectivity index (χ0n) is 22.7. The second-order valence-corrected chi connectivity index (χ2v) is 14.4. The van der Waals surface area contributed by atoms with Crippen LogP contribution in [-0.2, 0) is 4.57 Å². The van der Waals surface area contributed by atoms with Crippen LogP contribution in [0.4, 0.5) is 0 Å². The van der Waals surface area contributed by atoms with Gasteiger partial charge in [-0.2, -0.15) is 0 Å². The number of unbranched alkanes of at least 4 members (excludes halogenated alkanes) is 19. The van der Waals surface area contributed by atoms with Gasteiger partial charge in [0.15, 0.2) is 0 Å². The smallest absolute Gasteiger partial charge is 0.0873 e.